The highest BCUT2D eigenvalue weighted by atomic mass is 32.1. The van der Waals surface area contributed by atoms with E-state index in [-0.39, 0.29) is 0 Å². The first-order chi connectivity index (χ1) is 10.8. The zero-order valence-electron chi connectivity index (χ0n) is 13.0. The van der Waals surface area contributed by atoms with Gasteiger partial charge in [-0.05, 0) is 30.9 Å². The topological polar surface area (TPSA) is 58.5 Å². The van der Waals surface area contributed by atoms with Crippen LogP contribution in [0.15, 0.2) is 40.8 Å². The lowest BCUT2D eigenvalue weighted by atomic mass is 10.2. The molecule has 0 spiro atoms. The van der Waals surface area contributed by atoms with Gasteiger partial charge in [0.25, 0.3) is 0 Å². The van der Waals surface area contributed by atoms with Gasteiger partial charge in [-0.15, -0.1) is 11.3 Å². The Bertz CT molecular complexity index is 584. The van der Waals surface area contributed by atoms with Crippen molar-refractivity contribution in [1.29, 1.82) is 0 Å². The summed E-state index contributed by atoms with van der Waals surface area (Å²) in [7, 11) is 1.77. The number of aliphatic imine (C=N–C) groups is 1. The summed E-state index contributed by atoms with van der Waals surface area (Å²) < 4.78 is 5.52. The average molecular weight is 318 g/mol. The van der Waals surface area contributed by atoms with Crippen LogP contribution < -0.4 is 15.4 Å². The van der Waals surface area contributed by atoms with Crippen molar-refractivity contribution < 1.29 is 4.74 Å². The van der Waals surface area contributed by atoms with Crippen LogP contribution in [0.3, 0.4) is 0 Å². The third kappa shape index (κ3) is 5.04. The van der Waals surface area contributed by atoms with Gasteiger partial charge in [-0.1, -0.05) is 12.1 Å². The summed E-state index contributed by atoms with van der Waals surface area (Å²) in [6.07, 6.45) is 2.73. The van der Waals surface area contributed by atoms with E-state index in [1.165, 1.54) is 4.88 Å². The van der Waals surface area contributed by atoms with E-state index in [1.54, 1.807) is 24.6 Å². The number of hydrogen-bond acceptors (Lipinski definition) is 4. The highest BCUT2D eigenvalue weighted by Gasteiger charge is 2.05. The molecule has 0 saturated heterocycles. The summed E-state index contributed by atoms with van der Waals surface area (Å²) in [4.78, 5) is 9.85. The van der Waals surface area contributed by atoms with Gasteiger partial charge in [-0.3, -0.25) is 4.99 Å². The lowest BCUT2D eigenvalue weighted by molar-refractivity contribution is 0.322. The van der Waals surface area contributed by atoms with Crippen LogP contribution in [-0.2, 0) is 13.0 Å². The van der Waals surface area contributed by atoms with Gasteiger partial charge in [-0.25, -0.2) is 4.98 Å². The van der Waals surface area contributed by atoms with Gasteiger partial charge in [0.15, 0.2) is 5.96 Å². The van der Waals surface area contributed by atoms with Crippen LogP contribution in [-0.4, -0.2) is 31.1 Å². The van der Waals surface area contributed by atoms with Gasteiger partial charge >= 0.3 is 0 Å². The van der Waals surface area contributed by atoms with Crippen molar-refractivity contribution in [2.75, 3.05) is 20.2 Å². The maximum atomic E-state index is 5.52. The van der Waals surface area contributed by atoms with Crippen LogP contribution in [0.5, 0.6) is 5.88 Å². The Morgan fingerprint density at radius 1 is 1.32 bits per heavy atom. The molecule has 2 rings (SSSR count). The van der Waals surface area contributed by atoms with Crippen molar-refractivity contribution in [2.24, 2.45) is 4.99 Å². The zero-order chi connectivity index (χ0) is 15.6. The zero-order valence-corrected chi connectivity index (χ0v) is 13.8. The van der Waals surface area contributed by atoms with Crippen molar-refractivity contribution >= 4 is 17.3 Å². The molecule has 0 aliphatic heterocycles. The molecule has 2 aromatic rings. The van der Waals surface area contributed by atoms with Crippen LogP contribution in [0, 0.1) is 0 Å². The second-order valence-corrected chi connectivity index (χ2v) is 5.61. The van der Waals surface area contributed by atoms with Crippen molar-refractivity contribution in [3.8, 4) is 5.88 Å². The molecule has 6 heteroatoms. The van der Waals surface area contributed by atoms with Gasteiger partial charge in [0.2, 0.25) is 5.88 Å². The molecule has 0 aliphatic carbocycles. The minimum Gasteiger partial charge on any atom is -0.478 e. The predicted molar refractivity (Wildman–Crippen MR) is 91.6 cm³/mol. The average Bonchev–Trinajstić information content (AvgIpc) is 3.05. The molecule has 2 heterocycles. The predicted octanol–water partition coefficient (Wildman–Crippen LogP) is 2.45. The number of thiophene rings is 1. The van der Waals surface area contributed by atoms with Gasteiger partial charge < -0.3 is 15.4 Å². The Kier molecular flexibility index (Phi) is 6.70. The second-order valence-electron chi connectivity index (χ2n) is 4.58. The first-order valence-corrected chi connectivity index (χ1v) is 8.25. The highest BCUT2D eigenvalue weighted by Crippen LogP contribution is 2.13. The fourth-order valence-corrected chi connectivity index (χ4v) is 2.69. The molecule has 0 saturated carbocycles. The second kappa shape index (κ2) is 9.04. The van der Waals surface area contributed by atoms with E-state index in [1.807, 2.05) is 19.1 Å². The number of aromatic nitrogens is 1. The van der Waals surface area contributed by atoms with Crippen molar-refractivity contribution in [3.63, 3.8) is 0 Å². The summed E-state index contributed by atoms with van der Waals surface area (Å²) in [5, 5.41) is 8.70. The fourth-order valence-electron chi connectivity index (χ4n) is 1.98. The molecule has 118 valence electrons. The molecule has 0 atom stereocenters. The number of rotatable bonds is 7. The lowest BCUT2D eigenvalue weighted by Gasteiger charge is -2.13. The number of pyridine rings is 1. The maximum Gasteiger partial charge on any atom is 0.218 e. The largest absolute Gasteiger partial charge is 0.478 e. The van der Waals surface area contributed by atoms with Crippen LogP contribution in [0.1, 0.15) is 17.4 Å². The molecule has 2 aromatic heterocycles. The van der Waals surface area contributed by atoms with E-state index in [9.17, 15) is 0 Å². The maximum absolute atomic E-state index is 5.52. The molecular formula is C16H22N4OS. The van der Waals surface area contributed by atoms with E-state index in [2.05, 4.69) is 38.1 Å². The number of ether oxygens (including phenoxy) is 1. The van der Waals surface area contributed by atoms with Gasteiger partial charge in [0.1, 0.15) is 0 Å². The Balaban J connectivity index is 1.81. The van der Waals surface area contributed by atoms with Gasteiger partial charge in [-0.2, -0.15) is 0 Å². The van der Waals surface area contributed by atoms with Crippen LogP contribution >= 0.6 is 11.3 Å². The molecule has 0 unspecified atom stereocenters. The Morgan fingerprint density at radius 3 is 2.95 bits per heavy atom. The number of guanidine groups is 1. The first kappa shape index (κ1) is 16.3. The summed E-state index contributed by atoms with van der Waals surface area (Å²) in [6.45, 7) is 4.04. The third-order valence-electron chi connectivity index (χ3n) is 3.04. The Labute approximate surface area is 135 Å². The van der Waals surface area contributed by atoms with E-state index >= 15 is 0 Å². The minimum atomic E-state index is 0.609. The number of nitrogens with one attached hydrogen (secondary N) is 2. The van der Waals surface area contributed by atoms with E-state index in [0.717, 1.165) is 24.5 Å². The molecule has 0 aliphatic rings. The SMILES string of the molecule is CCOc1ncccc1CNC(=NC)NCCc1cccs1. The Morgan fingerprint density at radius 2 is 2.23 bits per heavy atom. The van der Waals surface area contributed by atoms with E-state index < -0.39 is 0 Å². The molecule has 22 heavy (non-hydrogen) atoms. The lowest BCUT2D eigenvalue weighted by Crippen LogP contribution is -2.37. The summed E-state index contributed by atoms with van der Waals surface area (Å²) in [5.41, 5.74) is 1.02. The number of hydrogen-bond donors (Lipinski definition) is 2. The van der Waals surface area contributed by atoms with Gasteiger partial charge in [0.05, 0.1) is 6.61 Å². The first-order valence-electron chi connectivity index (χ1n) is 7.37. The van der Waals surface area contributed by atoms with Gasteiger partial charge in [0, 0.05) is 36.8 Å². The quantitative estimate of drug-likeness (QED) is 0.608. The molecule has 0 radical (unpaired) electrons. The molecule has 0 aromatic carbocycles. The van der Waals surface area contributed by atoms with Crippen LogP contribution in [0.25, 0.3) is 0 Å². The molecule has 2 N–H and O–H groups in total. The summed E-state index contributed by atoms with van der Waals surface area (Å²) in [6, 6.07) is 8.13. The number of nitrogens with zero attached hydrogens (tertiary/aromatic N) is 2. The molecule has 0 amide bonds. The Hall–Kier alpha value is -2.08. The third-order valence-corrected chi connectivity index (χ3v) is 3.98. The normalized spacial score (nSPS) is 11.3. The van der Waals surface area contributed by atoms with Crippen LogP contribution in [0.2, 0.25) is 0 Å². The van der Waals surface area contributed by atoms with Crippen molar-refractivity contribution in [3.05, 3.63) is 46.3 Å². The molecule has 5 nitrogen and oxygen atoms in total. The summed E-state index contributed by atoms with van der Waals surface area (Å²) in [5.74, 6) is 1.45. The standard InChI is InChI=1S/C16H22N4OS/c1-3-21-15-13(6-4-9-18-15)12-20-16(17-2)19-10-8-14-7-5-11-22-14/h4-7,9,11H,3,8,10,12H2,1-2H3,(H2,17,19,20). The molecular weight excluding hydrogens is 296 g/mol. The van der Waals surface area contributed by atoms with E-state index in [0.29, 0.717) is 19.0 Å². The fraction of sp³-hybridized carbons (Fsp3) is 0.375. The summed E-state index contributed by atoms with van der Waals surface area (Å²) >= 11 is 1.77. The monoisotopic (exact) mass is 318 g/mol. The van der Waals surface area contributed by atoms with E-state index in [4.69, 9.17) is 4.74 Å². The minimum absolute atomic E-state index is 0.609. The van der Waals surface area contributed by atoms with Crippen molar-refractivity contribution in [1.82, 2.24) is 15.6 Å². The van der Waals surface area contributed by atoms with Crippen LogP contribution in [0.4, 0.5) is 0 Å². The smallest absolute Gasteiger partial charge is 0.218 e. The molecule has 0 bridgehead atoms. The highest BCUT2D eigenvalue weighted by molar-refractivity contribution is 7.09. The van der Waals surface area contributed by atoms with Crippen molar-refractivity contribution in [2.45, 2.75) is 19.9 Å². The molecule has 0 fully saturated rings.